The van der Waals surface area contributed by atoms with Gasteiger partial charge < -0.3 is 9.47 Å². The molecule has 0 bridgehead atoms. The molecule has 0 spiro atoms. The van der Waals surface area contributed by atoms with E-state index in [0.29, 0.717) is 0 Å². The fraction of sp³-hybridized carbons (Fsp3) is 0.533. The molecule has 18 heavy (non-hydrogen) atoms. The quantitative estimate of drug-likeness (QED) is 0.728. The third-order valence-corrected chi connectivity index (χ3v) is 3.30. The zero-order valence-electron chi connectivity index (χ0n) is 11.6. The lowest BCUT2D eigenvalue weighted by Gasteiger charge is -2.16. The molecule has 3 nitrogen and oxygen atoms in total. The van der Waals surface area contributed by atoms with Crippen molar-refractivity contribution < 1.29 is 14.3 Å². The SMILES string of the molecule is COC(=O)[C@H](C)CCc1ccccc1C(C)OC. The van der Waals surface area contributed by atoms with Gasteiger partial charge in [-0.25, -0.2) is 0 Å². The summed E-state index contributed by atoms with van der Waals surface area (Å²) in [4.78, 5) is 11.4. The van der Waals surface area contributed by atoms with Gasteiger partial charge in [-0.3, -0.25) is 4.79 Å². The second-order valence-electron chi connectivity index (χ2n) is 4.54. The third-order valence-electron chi connectivity index (χ3n) is 3.30. The monoisotopic (exact) mass is 250 g/mol. The fourth-order valence-corrected chi connectivity index (χ4v) is 1.98. The van der Waals surface area contributed by atoms with Crippen molar-refractivity contribution in [1.29, 1.82) is 0 Å². The number of esters is 1. The van der Waals surface area contributed by atoms with E-state index in [9.17, 15) is 4.79 Å². The van der Waals surface area contributed by atoms with Gasteiger partial charge in [-0.15, -0.1) is 0 Å². The first-order chi connectivity index (χ1) is 8.60. The van der Waals surface area contributed by atoms with E-state index >= 15 is 0 Å². The van der Waals surface area contributed by atoms with Crippen LogP contribution in [0.5, 0.6) is 0 Å². The van der Waals surface area contributed by atoms with Gasteiger partial charge >= 0.3 is 5.97 Å². The van der Waals surface area contributed by atoms with Crippen LogP contribution >= 0.6 is 0 Å². The predicted octanol–water partition coefficient (Wildman–Crippen LogP) is 3.14. The largest absolute Gasteiger partial charge is 0.469 e. The smallest absolute Gasteiger partial charge is 0.308 e. The molecule has 0 heterocycles. The molecular formula is C15H22O3. The molecule has 1 aromatic carbocycles. The summed E-state index contributed by atoms with van der Waals surface area (Å²) in [6.45, 7) is 3.93. The molecule has 1 unspecified atom stereocenters. The third kappa shape index (κ3) is 3.84. The van der Waals surface area contributed by atoms with E-state index in [0.717, 1.165) is 12.8 Å². The van der Waals surface area contributed by atoms with Crippen LogP contribution in [-0.4, -0.2) is 20.2 Å². The summed E-state index contributed by atoms with van der Waals surface area (Å²) in [6, 6.07) is 8.20. The van der Waals surface area contributed by atoms with E-state index < -0.39 is 0 Å². The number of methoxy groups -OCH3 is 2. The number of hydrogen-bond acceptors (Lipinski definition) is 3. The second kappa shape index (κ2) is 7.17. The second-order valence-corrected chi connectivity index (χ2v) is 4.54. The number of rotatable bonds is 6. The van der Waals surface area contributed by atoms with Crippen molar-refractivity contribution in [3.8, 4) is 0 Å². The highest BCUT2D eigenvalue weighted by molar-refractivity contribution is 5.71. The Hall–Kier alpha value is -1.35. The highest BCUT2D eigenvalue weighted by Crippen LogP contribution is 2.22. The highest BCUT2D eigenvalue weighted by atomic mass is 16.5. The molecule has 2 atom stereocenters. The van der Waals surface area contributed by atoms with Crippen molar-refractivity contribution in [2.75, 3.05) is 14.2 Å². The molecule has 0 aromatic heterocycles. The van der Waals surface area contributed by atoms with E-state index in [4.69, 9.17) is 9.47 Å². The molecule has 1 rings (SSSR count). The van der Waals surface area contributed by atoms with Gasteiger partial charge in [0.2, 0.25) is 0 Å². The average molecular weight is 250 g/mol. The van der Waals surface area contributed by atoms with Crippen LogP contribution in [0.4, 0.5) is 0 Å². The van der Waals surface area contributed by atoms with E-state index in [-0.39, 0.29) is 18.0 Å². The van der Waals surface area contributed by atoms with Gasteiger partial charge in [0.05, 0.1) is 19.1 Å². The lowest BCUT2D eigenvalue weighted by atomic mass is 9.95. The summed E-state index contributed by atoms with van der Waals surface area (Å²) in [5.41, 5.74) is 2.43. The molecule has 3 heteroatoms. The first-order valence-corrected chi connectivity index (χ1v) is 6.28. The number of carbonyl (C=O) groups excluding carboxylic acids is 1. The molecule has 100 valence electrons. The van der Waals surface area contributed by atoms with Gasteiger partial charge in [0, 0.05) is 7.11 Å². The van der Waals surface area contributed by atoms with Crippen LogP contribution in [0.1, 0.15) is 37.5 Å². The minimum atomic E-state index is -0.146. The van der Waals surface area contributed by atoms with Gasteiger partial charge in [0.1, 0.15) is 0 Å². The molecule has 0 aliphatic rings. The standard InChI is InChI=1S/C15H22O3/c1-11(15(16)18-4)9-10-13-7-5-6-8-14(13)12(2)17-3/h5-8,11-12H,9-10H2,1-4H3/t11-,12?/m1/s1. The van der Waals surface area contributed by atoms with Crippen molar-refractivity contribution >= 4 is 5.97 Å². The molecule has 0 radical (unpaired) electrons. The van der Waals surface area contributed by atoms with Crippen molar-refractivity contribution in [3.05, 3.63) is 35.4 Å². The molecule has 0 fully saturated rings. The maximum absolute atomic E-state index is 11.4. The molecular weight excluding hydrogens is 228 g/mol. The van der Waals surface area contributed by atoms with Crippen LogP contribution in [0.2, 0.25) is 0 Å². The molecule has 0 N–H and O–H groups in total. The van der Waals surface area contributed by atoms with Crippen molar-refractivity contribution in [1.82, 2.24) is 0 Å². The normalized spacial score (nSPS) is 14.0. The molecule has 0 saturated carbocycles. The topological polar surface area (TPSA) is 35.5 Å². The summed E-state index contributed by atoms with van der Waals surface area (Å²) >= 11 is 0. The lowest BCUT2D eigenvalue weighted by molar-refractivity contribution is -0.145. The Morgan fingerprint density at radius 3 is 2.50 bits per heavy atom. The van der Waals surface area contributed by atoms with Gasteiger partial charge in [0.15, 0.2) is 0 Å². The van der Waals surface area contributed by atoms with E-state index in [1.165, 1.54) is 18.2 Å². The van der Waals surface area contributed by atoms with E-state index in [1.807, 2.05) is 26.0 Å². The molecule has 0 amide bonds. The van der Waals surface area contributed by atoms with E-state index in [2.05, 4.69) is 12.1 Å². The number of carbonyl (C=O) groups is 1. The Balaban J connectivity index is 2.70. The Morgan fingerprint density at radius 1 is 1.22 bits per heavy atom. The minimum Gasteiger partial charge on any atom is -0.469 e. The molecule has 0 aliphatic carbocycles. The zero-order chi connectivity index (χ0) is 13.5. The van der Waals surface area contributed by atoms with Crippen LogP contribution in [0.15, 0.2) is 24.3 Å². The Morgan fingerprint density at radius 2 is 1.89 bits per heavy atom. The van der Waals surface area contributed by atoms with Crippen LogP contribution in [-0.2, 0) is 20.7 Å². The summed E-state index contributed by atoms with van der Waals surface area (Å²) < 4.78 is 10.1. The summed E-state index contributed by atoms with van der Waals surface area (Å²) in [5.74, 6) is -0.215. The summed E-state index contributed by atoms with van der Waals surface area (Å²) in [6.07, 6.45) is 1.73. The van der Waals surface area contributed by atoms with E-state index in [1.54, 1.807) is 7.11 Å². The van der Waals surface area contributed by atoms with Crippen LogP contribution in [0, 0.1) is 5.92 Å². The first kappa shape index (κ1) is 14.7. The van der Waals surface area contributed by atoms with Crippen LogP contribution in [0.3, 0.4) is 0 Å². The maximum Gasteiger partial charge on any atom is 0.308 e. The van der Waals surface area contributed by atoms with Crippen molar-refractivity contribution in [2.24, 2.45) is 5.92 Å². The van der Waals surface area contributed by atoms with Crippen molar-refractivity contribution in [3.63, 3.8) is 0 Å². The number of hydrogen-bond donors (Lipinski definition) is 0. The zero-order valence-corrected chi connectivity index (χ0v) is 11.6. The van der Waals surface area contributed by atoms with Gasteiger partial charge in [-0.1, -0.05) is 31.2 Å². The fourth-order valence-electron chi connectivity index (χ4n) is 1.98. The van der Waals surface area contributed by atoms with Gasteiger partial charge in [0.25, 0.3) is 0 Å². The summed E-state index contributed by atoms with van der Waals surface area (Å²) in [7, 11) is 3.14. The Bertz CT molecular complexity index is 387. The maximum atomic E-state index is 11.4. The number of ether oxygens (including phenoxy) is 2. The first-order valence-electron chi connectivity index (χ1n) is 6.28. The van der Waals surface area contributed by atoms with Crippen LogP contribution < -0.4 is 0 Å². The Labute approximate surface area is 109 Å². The van der Waals surface area contributed by atoms with Gasteiger partial charge in [-0.2, -0.15) is 0 Å². The predicted molar refractivity (Wildman–Crippen MR) is 71.4 cm³/mol. The minimum absolute atomic E-state index is 0.0686. The molecule has 1 aromatic rings. The Kier molecular flexibility index (Phi) is 5.86. The van der Waals surface area contributed by atoms with Crippen molar-refractivity contribution in [2.45, 2.75) is 32.8 Å². The molecule has 0 aliphatic heterocycles. The molecule has 0 saturated heterocycles. The number of aryl methyl sites for hydroxylation is 1. The van der Waals surface area contributed by atoms with Crippen LogP contribution in [0.25, 0.3) is 0 Å². The average Bonchev–Trinajstić information content (AvgIpc) is 2.43. The lowest BCUT2D eigenvalue weighted by Crippen LogP contribution is -2.14. The highest BCUT2D eigenvalue weighted by Gasteiger charge is 2.15. The van der Waals surface area contributed by atoms with Gasteiger partial charge in [-0.05, 0) is 30.9 Å². The summed E-state index contributed by atoms with van der Waals surface area (Å²) in [5, 5.41) is 0. The number of benzene rings is 1.